The van der Waals surface area contributed by atoms with Crippen molar-refractivity contribution >= 4 is 49.5 Å². The number of carbonyl (C=O) groups is 1. The fourth-order valence-corrected chi connectivity index (χ4v) is 3.15. The van der Waals surface area contributed by atoms with Crippen molar-refractivity contribution in [1.82, 2.24) is 4.98 Å². The van der Waals surface area contributed by atoms with Crippen molar-refractivity contribution in [3.8, 4) is 11.3 Å². The molecule has 4 rings (SSSR count). The highest BCUT2D eigenvalue weighted by Crippen LogP contribution is 2.22. The summed E-state index contributed by atoms with van der Waals surface area (Å²) >= 11 is 3.38. The van der Waals surface area contributed by atoms with Crippen molar-refractivity contribution < 1.29 is 9.36 Å². The molecule has 0 aliphatic carbocycles. The summed E-state index contributed by atoms with van der Waals surface area (Å²) in [6.45, 7) is 0.270. The lowest BCUT2D eigenvalue weighted by Gasteiger charge is -2.02. The first-order valence-corrected chi connectivity index (χ1v) is 9.11. The molecule has 0 N–H and O–H groups in total. The van der Waals surface area contributed by atoms with E-state index in [0.29, 0.717) is 5.56 Å². The third kappa shape index (κ3) is 4.49. The molecule has 134 valence electrons. The van der Waals surface area contributed by atoms with E-state index in [1.807, 2.05) is 48.7 Å². The van der Waals surface area contributed by atoms with Gasteiger partial charge in [0.25, 0.3) is 6.33 Å². The van der Waals surface area contributed by atoms with Gasteiger partial charge < -0.3 is 0 Å². The van der Waals surface area contributed by atoms with E-state index in [0.717, 1.165) is 15.7 Å². The molecule has 0 amide bonds. The zero-order valence-electron chi connectivity index (χ0n) is 14.4. The fourth-order valence-electron chi connectivity index (χ4n) is 2.89. The Kier molecular flexibility index (Phi) is 6.14. The molecule has 3 aromatic carbocycles. The van der Waals surface area contributed by atoms with Gasteiger partial charge in [0.15, 0.2) is 12.2 Å². The molecule has 0 atom stereocenters. The number of ketones is 1. The topological polar surface area (TPSA) is 33.8 Å². The molecule has 1 aromatic heterocycles. The monoisotopic (exact) mass is 483 g/mol. The van der Waals surface area contributed by atoms with Crippen LogP contribution >= 0.6 is 32.9 Å². The second kappa shape index (κ2) is 8.55. The highest BCUT2D eigenvalue weighted by molar-refractivity contribution is 9.10. The van der Waals surface area contributed by atoms with Crippen molar-refractivity contribution in [3.05, 3.63) is 95.4 Å². The van der Waals surface area contributed by atoms with E-state index in [9.17, 15) is 4.79 Å². The Balaban J connectivity index is 0.00000210. The normalized spacial score (nSPS) is 10.4. The van der Waals surface area contributed by atoms with Crippen LogP contribution in [0.25, 0.3) is 22.0 Å². The van der Waals surface area contributed by atoms with Crippen LogP contribution < -0.4 is 4.57 Å². The second-order valence-electron chi connectivity index (χ2n) is 6.11. The van der Waals surface area contributed by atoms with E-state index in [4.69, 9.17) is 0 Å². The Labute approximate surface area is 176 Å². The average molecular weight is 485 g/mol. The van der Waals surface area contributed by atoms with Crippen molar-refractivity contribution in [2.24, 2.45) is 0 Å². The van der Waals surface area contributed by atoms with Crippen LogP contribution in [0.3, 0.4) is 0 Å². The first-order valence-electron chi connectivity index (χ1n) is 8.32. The minimum Gasteiger partial charge on any atom is -0.290 e. The van der Waals surface area contributed by atoms with Gasteiger partial charge >= 0.3 is 0 Å². The molecule has 0 spiro atoms. The lowest BCUT2D eigenvalue weighted by atomic mass is 10.1. The average Bonchev–Trinajstić information content (AvgIpc) is 2.68. The zero-order valence-corrected chi connectivity index (χ0v) is 17.7. The predicted octanol–water partition coefficient (Wildman–Crippen LogP) is 5.41. The minimum absolute atomic E-state index is 0. The molecule has 5 heteroatoms. The summed E-state index contributed by atoms with van der Waals surface area (Å²) in [5.74, 6) is 0.0581. The molecule has 0 radical (unpaired) electrons. The Hall–Kier alpha value is -2.37. The van der Waals surface area contributed by atoms with Gasteiger partial charge in [-0.25, -0.2) is 4.57 Å². The van der Waals surface area contributed by atoms with Crippen molar-refractivity contribution in [2.75, 3.05) is 0 Å². The quantitative estimate of drug-likeness (QED) is 0.286. The van der Waals surface area contributed by atoms with Crippen LogP contribution in [-0.4, -0.2) is 10.8 Å². The van der Waals surface area contributed by atoms with E-state index in [1.165, 1.54) is 10.8 Å². The first-order chi connectivity index (χ1) is 12.7. The van der Waals surface area contributed by atoms with Gasteiger partial charge in [-0.1, -0.05) is 58.4 Å². The molecule has 1 heterocycles. The maximum Gasteiger partial charge on any atom is 0.287 e. The summed E-state index contributed by atoms with van der Waals surface area (Å²) in [6, 6.07) is 23.9. The summed E-state index contributed by atoms with van der Waals surface area (Å²) in [4.78, 5) is 16.9. The third-order valence-corrected chi connectivity index (χ3v) is 4.84. The second-order valence-corrected chi connectivity index (χ2v) is 7.03. The SMILES string of the molecule is Br.O=C(C[n+]1ccc(-c2ccc3ccccc3c2)nc1)c1ccc(Br)cc1. The molecule has 0 saturated carbocycles. The molecular formula is C22H17Br2N2O+. The standard InChI is InChI=1S/C22H16BrN2O.BrH/c23-20-9-7-17(8-10-20)22(26)14-25-12-11-21(24-15-25)19-6-5-16-3-1-2-4-18(16)13-19;/h1-13,15H,14H2;1H/q+1;. The number of hydrogen-bond donors (Lipinski definition) is 0. The highest BCUT2D eigenvalue weighted by Gasteiger charge is 2.12. The Morgan fingerprint density at radius 1 is 0.926 bits per heavy atom. The number of rotatable bonds is 4. The Bertz CT molecular complexity index is 1080. The van der Waals surface area contributed by atoms with E-state index < -0.39 is 0 Å². The van der Waals surface area contributed by atoms with E-state index in [2.05, 4.69) is 51.2 Å². The van der Waals surface area contributed by atoms with Crippen LogP contribution in [0.4, 0.5) is 0 Å². The summed E-state index contributed by atoms with van der Waals surface area (Å²) < 4.78 is 2.76. The number of benzene rings is 3. The number of Topliss-reactive ketones (excluding diaryl/α,β-unsaturated/α-hetero) is 1. The van der Waals surface area contributed by atoms with Gasteiger partial charge in [-0.3, -0.25) is 4.79 Å². The largest absolute Gasteiger partial charge is 0.290 e. The first kappa shape index (κ1) is 19.4. The van der Waals surface area contributed by atoms with Crippen molar-refractivity contribution in [3.63, 3.8) is 0 Å². The maximum atomic E-state index is 12.4. The van der Waals surface area contributed by atoms with Gasteiger partial charge in [-0.15, -0.1) is 17.0 Å². The van der Waals surface area contributed by atoms with Gasteiger partial charge in [0.2, 0.25) is 5.78 Å². The molecule has 3 nitrogen and oxygen atoms in total. The van der Waals surface area contributed by atoms with Gasteiger partial charge in [0.05, 0.1) is 6.20 Å². The number of nitrogens with zero attached hydrogens (tertiary/aromatic N) is 2. The lowest BCUT2D eigenvalue weighted by Crippen LogP contribution is -2.37. The molecule has 27 heavy (non-hydrogen) atoms. The molecule has 0 fully saturated rings. The number of halogens is 2. The van der Waals surface area contributed by atoms with Gasteiger partial charge in [0.1, 0.15) is 0 Å². The number of carbonyl (C=O) groups excluding carboxylic acids is 1. The minimum atomic E-state index is 0. The maximum absolute atomic E-state index is 12.4. The van der Waals surface area contributed by atoms with Crippen LogP contribution in [0.5, 0.6) is 0 Å². The van der Waals surface area contributed by atoms with Gasteiger partial charge in [-0.05, 0) is 40.0 Å². The lowest BCUT2D eigenvalue weighted by molar-refractivity contribution is -0.686. The smallest absolute Gasteiger partial charge is 0.287 e. The van der Waals surface area contributed by atoms with Crippen LogP contribution in [0.15, 0.2) is 89.8 Å². The van der Waals surface area contributed by atoms with E-state index in [1.54, 1.807) is 10.9 Å². The molecular weight excluding hydrogens is 468 g/mol. The molecule has 0 aliphatic rings. The van der Waals surface area contributed by atoms with Crippen LogP contribution in [0.2, 0.25) is 0 Å². The Morgan fingerprint density at radius 3 is 2.37 bits per heavy atom. The van der Waals surface area contributed by atoms with Crippen molar-refractivity contribution in [2.45, 2.75) is 6.54 Å². The molecule has 0 saturated heterocycles. The number of fused-ring (bicyclic) bond motifs is 1. The third-order valence-electron chi connectivity index (χ3n) is 4.31. The van der Waals surface area contributed by atoms with Crippen LogP contribution in [-0.2, 0) is 6.54 Å². The van der Waals surface area contributed by atoms with E-state index in [-0.39, 0.29) is 29.3 Å². The molecule has 0 aliphatic heterocycles. The summed E-state index contributed by atoms with van der Waals surface area (Å²) in [5.41, 5.74) is 2.65. The zero-order chi connectivity index (χ0) is 17.9. The highest BCUT2D eigenvalue weighted by atomic mass is 79.9. The molecule has 4 aromatic rings. The number of hydrogen-bond acceptors (Lipinski definition) is 2. The summed E-state index contributed by atoms with van der Waals surface area (Å²) in [7, 11) is 0. The van der Waals surface area contributed by atoms with Gasteiger partial charge in [0, 0.05) is 21.7 Å². The van der Waals surface area contributed by atoms with Crippen LogP contribution in [0, 0.1) is 0 Å². The fraction of sp³-hybridized carbons (Fsp3) is 0.0455. The van der Waals surface area contributed by atoms with Crippen LogP contribution in [0.1, 0.15) is 10.4 Å². The van der Waals surface area contributed by atoms with E-state index >= 15 is 0 Å². The van der Waals surface area contributed by atoms with Crippen molar-refractivity contribution in [1.29, 1.82) is 0 Å². The summed E-state index contributed by atoms with van der Waals surface area (Å²) in [6.07, 6.45) is 3.61. The molecule has 0 unspecified atom stereocenters. The summed E-state index contributed by atoms with van der Waals surface area (Å²) in [5, 5.41) is 2.40. The predicted molar refractivity (Wildman–Crippen MR) is 116 cm³/mol. The number of aromatic nitrogens is 2. The Morgan fingerprint density at radius 2 is 1.67 bits per heavy atom. The molecule has 0 bridgehead atoms. The van der Waals surface area contributed by atoms with Gasteiger partial charge in [-0.2, -0.15) is 0 Å².